The first-order valence-corrected chi connectivity index (χ1v) is 15.5. The van der Waals surface area contributed by atoms with E-state index in [4.69, 9.17) is 4.74 Å². The van der Waals surface area contributed by atoms with E-state index in [1.54, 1.807) is 50.2 Å². The summed E-state index contributed by atoms with van der Waals surface area (Å²) in [5, 5.41) is 10.8. The second kappa shape index (κ2) is 12.9. The summed E-state index contributed by atoms with van der Waals surface area (Å²) in [6.45, 7) is 5.92. The summed E-state index contributed by atoms with van der Waals surface area (Å²) in [6, 6.07) is 14.7. The molecule has 1 saturated heterocycles. The van der Waals surface area contributed by atoms with Gasteiger partial charge in [0, 0.05) is 29.1 Å². The van der Waals surface area contributed by atoms with Crippen molar-refractivity contribution in [1.82, 2.24) is 20.5 Å². The van der Waals surface area contributed by atoms with Gasteiger partial charge < -0.3 is 25.6 Å². The van der Waals surface area contributed by atoms with Crippen molar-refractivity contribution >= 4 is 40.3 Å². The van der Waals surface area contributed by atoms with Crippen LogP contribution in [0.4, 0.5) is 9.93 Å². The molecule has 10 nitrogen and oxygen atoms in total. The SMILES string of the molecule is CCC(C)(C)OC(=O)N[C@@H](C(=O)N1CCCC1C(=O)Nc1nc(-c2ccc(C(=O)NC3CC3)cc2)cs1)c1ccccc1. The zero-order chi connectivity index (χ0) is 30.6. The van der Waals surface area contributed by atoms with Crippen LogP contribution in [0.3, 0.4) is 0 Å². The summed E-state index contributed by atoms with van der Waals surface area (Å²) in [5.41, 5.74) is 2.01. The molecule has 1 aromatic heterocycles. The molecule has 2 heterocycles. The lowest BCUT2D eigenvalue weighted by molar-refractivity contribution is -0.138. The minimum Gasteiger partial charge on any atom is -0.444 e. The molecule has 1 saturated carbocycles. The van der Waals surface area contributed by atoms with E-state index in [2.05, 4.69) is 20.9 Å². The zero-order valence-corrected chi connectivity index (χ0v) is 25.4. The molecule has 2 aliphatic rings. The number of alkyl carbamates (subject to hydrolysis) is 1. The summed E-state index contributed by atoms with van der Waals surface area (Å²) in [4.78, 5) is 58.4. The standard InChI is InChI=1S/C32H37N5O5S/c1-4-32(2,3)42-31(41)35-26(21-9-6-5-7-10-21)29(40)37-18-8-11-25(37)28(39)36-30-34-24(19-43-30)20-12-14-22(15-13-20)27(38)33-23-16-17-23/h5-7,9-10,12-15,19,23,25-26H,4,8,11,16-18H2,1-3H3,(H,33,38)(H,35,41)(H,34,36,39)/t25?,26-/m1/s1. The van der Waals surface area contributed by atoms with Gasteiger partial charge in [0.2, 0.25) is 5.91 Å². The van der Waals surface area contributed by atoms with E-state index in [-0.39, 0.29) is 23.8 Å². The normalized spacial score (nSPS) is 17.2. The lowest BCUT2D eigenvalue weighted by Gasteiger charge is -2.30. The van der Waals surface area contributed by atoms with Crippen molar-refractivity contribution in [3.8, 4) is 11.3 Å². The maximum Gasteiger partial charge on any atom is 0.408 e. The molecule has 0 bridgehead atoms. The first-order valence-electron chi connectivity index (χ1n) is 14.7. The van der Waals surface area contributed by atoms with Crippen LogP contribution in [-0.2, 0) is 14.3 Å². The highest BCUT2D eigenvalue weighted by Crippen LogP contribution is 2.29. The van der Waals surface area contributed by atoms with Crippen molar-refractivity contribution in [2.24, 2.45) is 0 Å². The zero-order valence-electron chi connectivity index (χ0n) is 24.6. The van der Waals surface area contributed by atoms with Crippen LogP contribution in [0.1, 0.15) is 74.8 Å². The second-order valence-corrected chi connectivity index (χ2v) is 12.4. The maximum atomic E-state index is 13.8. The van der Waals surface area contributed by atoms with E-state index in [1.165, 1.54) is 16.2 Å². The molecule has 226 valence electrons. The number of ether oxygens (including phenoxy) is 1. The van der Waals surface area contributed by atoms with Crippen LogP contribution in [-0.4, -0.2) is 57.9 Å². The van der Waals surface area contributed by atoms with Crippen molar-refractivity contribution in [2.45, 2.75) is 76.6 Å². The number of hydrogen-bond donors (Lipinski definition) is 3. The second-order valence-electron chi connectivity index (χ2n) is 11.5. The van der Waals surface area contributed by atoms with Crippen molar-refractivity contribution in [2.75, 3.05) is 11.9 Å². The minimum absolute atomic E-state index is 0.0812. The average molecular weight is 604 g/mol. The third-order valence-corrected chi connectivity index (χ3v) is 8.55. The first-order chi connectivity index (χ1) is 20.6. The molecule has 0 radical (unpaired) electrons. The molecular weight excluding hydrogens is 566 g/mol. The molecule has 1 aliphatic heterocycles. The summed E-state index contributed by atoms with van der Waals surface area (Å²) < 4.78 is 5.55. The molecule has 4 amide bonds. The molecule has 5 rings (SSSR count). The number of carbonyl (C=O) groups excluding carboxylic acids is 4. The molecule has 43 heavy (non-hydrogen) atoms. The average Bonchev–Trinajstić information content (AvgIpc) is 3.47. The number of nitrogens with one attached hydrogen (secondary N) is 3. The summed E-state index contributed by atoms with van der Waals surface area (Å²) >= 11 is 1.29. The Kier molecular flexibility index (Phi) is 9.10. The Hall–Kier alpha value is -4.25. The summed E-state index contributed by atoms with van der Waals surface area (Å²) in [6.07, 6.45) is 3.12. The summed E-state index contributed by atoms with van der Waals surface area (Å²) in [7, 11) is 0. The fraction of sp³-hybridized carbons (Fsp3) is 0.406. The number of hydrogen-bond acceptors (Lipinski definition) is 7. The van der Waals surface area contributed by atoms with Gasteiger partial charge in [-0.2, -0.15) is 0 Å². The number of benzene rings is 2. The number of amides is 4. The van der Waals surface area contributed by atoms with Crippen LogP contribution in [0, 0.1) is 0 Å². The van der Waals surface area contributed by atoms with Crippen LogP contribution in [0.15, 0.2) is 60.0 Å². The molecule has 3 N–H and O–H groups in total. The van der Waals surface area contributed by atoms with E-state index in [1.807, 2.05) is 30.5 Å². The molecule has 2 atom stereocenters. The van der Waals surface area contributed by atoms with Gasteiger partial charge in [0.15, 0.2) is 5.13 Å². The van der Waals surface area contributed by atoms with Crippen molar-refractivity contribution in [1.29, 1.82) is 0 Å². The molecule has 3 aromatic rings. The number of carbonyl (C=O) groups is 4. The number of nitrogens with zero attached hydrogens (tertiary/aromatic N) is 2. The Balaban J connectivity index is 1.25. The fourth-order valence-electron chi connectivity index (χ4n) is 4.81. The fourth-order valence-corrected chi connectivity index (χ4v) is 5.54. The number of rotatable bonds is 10. The lowest BCUT2D eigenvalue weighted by Crippen LogP contribution is -2.49. The Morgan fingerprint density at radius 1 is 1.05 bits per heavy atom. The van der Waals surface area contributed by atoms with Gasteiger partial charge in [-0.25, -0.2) is 9.78 Å². The largest absolute Gasteiger partial charge is 0.444 e. The molecular formula is C32H37N5O5S. The van der Waals surface area contributed by atoms with Gasteiger partial charge in [0.1, 0.15) is 17.7 Å². The molecule has 2 fully saturated rings. The third kappa shape index (κ3) is 7.59. The van der Waals surface area contributed by atoms with Gasteiger partial charge in [-0.15, -0.1) is 11.3 Å². The molecule has 11 heteroatoms. The monoisotopic (exact) mass is 603 g/mol. The third-order valence-electron chi connectivity index (χ3n) is 7.79. The highest BCUT2D eigenvalue weighted by atomic mass is 32.1. The predicted octanol–water partition coefficient (Wildman–Crippen LogP) is 5.29. The highest BCUT2D eigenvalue weighted by molar-refractivity contribution is 7.14. The smallest absolute Gasteiger partial charge is 0.408 e. The quantitative estimate of drug-likeness (QED) is 0.289. The van der Waals surface area contributed by atoms with Crippen LogP contribution < -0.4 is 16.0 Å². The maximum absolute atomic E-state index is 13.8. The van der Waals surface area contributed by atoms with Crippen LogP contribution in [0.5, 0.6) is 0 Å². The Labute approximate surface area is 255 Å². The Morgan fingerprint density at radius 3 is 2.44 bits per heavy atom. The minimum atomic E-state index is -1.00. The van der Waals surface area contributed by atoms with E-state index in [0.29, 0.717) is 47.8 Å². The Bertz CT molecular complexity index is 1470. The predicted molar refractivity (Wildman–Crippen MR) is 165 cm³/mol. The van der Waals surface area contributed by atoms with Crippen LogP contribution in [0.25, 0.3) is 11.3 Å². The highest BCUT2D eigenvalue weighted by Gasteiger charge is 2.39. The number of aromatic nitrogens is 1. The number of anilines is 1. The van der Waals surface area contributed by atoms with Crippen LogP contribution in [0.2, 0.25) is 0 Å². The number of likely N-dealkylation sites (tertiary alicyclic amines) is 1. The van der Waals surface area contributed by atoms with E-state index in [9.17, 15) is 19.2 Å². The van der Waals surface area contributed by atoms with E-state index >= 15 is 0 Å². The van der Waals surface area contributed by atoms with Crippen molar-refractivity contribution < 1.29 is 23.9 Å². The Morgan fingerprint density at radius 2 is 1.77 bits per heavy atom. The van der Waals surface area contributed by atoms with Gasteiger partial charge in [0.05, 0.1) is 5.69 Å². The molecule has 2 aromatic carbocycles. The molecule has 1 aliphatic carbocycles. The van der Waals surface area contributed by atoms with E-state index < -0.39 is 23.8 Å². The van der Waals surface area contributed by atoms with E-state index in [0.717, 1.165) is 18.4 Å². The van der Waals surface area contributed by atoms with Crippen molar-refractivity contribution in [3.05, 3.63) is 71.1 Å². The first kappa shape index (κ1) is 30.2. The number of thiazole rings is 1. The van der Waals surface area contributed by atoms with Crippen molar-refractivity contribution in [3.63, 3.8) is 0 Å². The van der Waals surface area contributed by atoms with Gasteiger partial charge in [-0.1, -0.05) is 49.4 Å². The van der Waals surface area contributed by atoms with Gasteiger partial charge in [0.25, 0.3) is 11.8 Å². The lowest BCUT2D eigenvalue weighted by atomic mass is 10.0. The van der Waals surface area contributed by atoms with Gasteiger partial charge in [-0.05, 0) is 63.6 Å². The molecule has 1 unspecified atom stereocenters. The van der Waals surface area contributed by atoms with Gasteiger partial charge >= 0.3 is 6.09 Å². The van der Waals surface area contributed by atoms with Crippen LogP contribution >= 0.6 is 11.3 Å². The van der Waals surface area contributed by atoms with Gasteiger partial charge in [-0.3, -0.25) is 14.4 Å². The molecule has 0 spiro atoms. The topological polar surface area (TPSA) is 130 Å². The summed E-state index contributed by atoms with van der Waals surface area (Å²) in [5.74, 6) is -0.788.